The number of amides is 1. The topological polar surface area (TPSA) is 68.2 Å². The summed E-state index contributed by atoms with van der Waals surface area (Å²) in [7, 11) is 0. The van der Waals surface area contributed by atoms with Crippen LogP contribution in [0.25, 0.3) is 0 Å². The lowest BCUT2D eigenvalue weighted by Gasteiger charge is -2.26. The zero-order valence-electron chi connectivity index (χ0n) is 15.1. The van der Waals surface area contributed by atoms with Gasteiger partial charge in [-0.1, -0.05) is 28.9 Å². The maximum absolute atomic E-state index is 12.2. The Labute approximate surface area is 171 Å². The Morgan fingerprint density at radius 3 is 2.79 bits per heavy atom. The summed E-state index contributed by atoms with van der Waals surface area (Å²) in [6.45, 7) is 1.24. The maximum atomic E-state index is 12.2. The van der Waals surface area contributed by atoms with Crippen LogP contribution in [0.1, 0.15) is 34.5 Å². The van der Waals surface area contributed by atoms with Crippen molar-refractivity contribution in [1.82, 2.24) is 0 Å². The van der Waals surface area contributed by atoms with Gasteiger partial charge in [-0.3, -0.25) is 9.59 Å². The van der Waals surface area contributed by atoms with Crippen LogP contribution in [0.5, 0.6) is 0 Å². The molecule has 3 heterocycles. The van der Waals surface area contributed by atoms with Gasteiger partial charge in [0.15, 0.2) is 5.78 Å². The molecule has 0 aliphatic carbocycles. The number of benzene rings is 1. The highest BCUT2D eigenvalue weighted by molar-refractivity contribution is 7.18. The van der Waals surface area contributed by atoms with Crippen molar-refractivity contribution >= 4 is 46.0 Å². The lowest BCUT2D eigenvalue weighted by atomic mass is 10.0. The van der Waals surface area contributed by atoms with E-state index in [-0.39, 0.29) is 24.4 Å². The second kappa shape index (κ2) is 8.43. The quantitative estimate of drug-likeness (QED) is 0.667. The first-order valence-corrected chi connectivity index (χ1v) is 10.3. The normalized spacial score (nSPS) is 19.5. The minimum Gasteiger partial charge on any atom is -0.392 e. The van der Waals surface area contributed by atoms with Crippen LogP contribution in [0, 0.1) is 0 Å². The summed E-state index contributed by atoms with van der Waals surface area (Å²) in [5, 5.41) is 4.19. The molecule has 1 amide bonds. The zero-order valence-corrected chi connectivity index (χ0v) is 16.7. The summed E-state index contributed by atoms with van der Waals surface area (Å²) in [6, 6.07) is 11.2. The number of carbonyl (C=O) groups excluding carboxylic acids is 2. The molecule has 1 unspecified atom stereocenters. The van der Waals surface area contributed by atoms with Crippen molar-refractivity contribution in [2.45, 2.75) is 25.4 Å². The second-order valence-electron chi connectivity index (χ2n) is 6.68. The molecule has 146 valence electrons. The van der Waals surface area contributed by atoms with Gasteiger partial charge in [0, 0.05) is 25.1 Å². The van der Waals surface area contributed by atoms with Crippen molar-refractivity contribution in [1.29, 1.82) is 0 Å². The van der Waals surface area contributed by atoms with Crippen molar-refractivity contribution in [2.75, 3.05) is 24.7 Å². The lowest BCUT2D eigenvalue weighted by molar-refractivity contribution is -0.125. The van der Waals surface area contributed by atoms with Crippen molar-refractivity contribution in [3.63, 3.8) is 0 Å². The summed E-state index contributed by atoms with van der Waals surface area (Å²) < 4.78 is 5.78. The monoisotopic (exact) mass is 418 g/mol. The first kappa shape index (κ1) is 19.1. The molecular weight excluding hydrogens is 400 g/mol. The van der Waals surface area contributed by atoms with Crippen LogP contribution in [0.4, 0.5) is 5.69 Å². The minimum atomic E-state index is -0.102. The van der Waals surface area contributed by atoms with Crippen LogP contribution in [0.2, 0.25) is 4.34 Å². The molecule has 6 nitrogen and oxygen atoms in total. The van der Waals surface area contributed by atoms with Gasteiger partial charge in [0.25, 0.3) is 5.91 Å². The molecule has 0 radical (unpaired) electrons. The Kier molecular flexibility index (Phi) is 5.75. The number of hydrogen-bond donors (Lipinski definition) is 0. The fourth-order valence-electron chi connectivity index (χ4n) is 3.26. The molecule has 28 heavy (non-hydrogen) atoms. The van der Waals surface area contributed by atoms with E-state index < -0.39 is 0 Å². The molecule has 0 saturated carbocycles. The van der Waals surface area contributed by atoms with E-state index in [1.54, 1.807) is 17.0 Å². The molecule has 2 aromatic rings. The molecular formula is C20H19ClN2O4S. The van der Waals surface area contributed by atoms with E-state index in [4.69, 9.17) is 21.2 Å². The number of hydrogen-bond acceptors (Lipinski definition) is 6. The standard InChI is InChI=1S/C20H19ClN2O4S/c21-19-8-7-18(28-19)17(24)6-5-15-11-16(22-27-15)13-1-3-14(4-2-13)23-9-10-26-12-20(23)25/h1-4,7-8,15H,5-6,9-12H2. The molecule has 0 bridgehead atoms. The van der Waals surface area contributed by atoms with Gasteiger partial charge in [0.05, 0.1) is 21.5 Å². The maximum Gasteiger partial charge on any atom is 0.253 e. The van der Waals surface area contributed by atoms with Crippen molar-refractivity contribution in [3.8, 4) is 0 Å². The van der Waals surface area contributed by atoms with E-state index in [9.17, 15) is 9.59 Å². The van der Waals surface area contributed by atoms with Crippen molar-refractivity contribution in [2.24, 2.45) is 5.16 Å². The third-order valence-electron chi connectivity index (χ3n) is 4.77. The molecule has 1 fully saturated rings. The number of oxime groups is 1. The summed E-state index contributed by atoms with van der Waals surface area (Å²) >= 11 is 7.18. The van der Waals surface area contributed by atoms with Gasteiger partial charge < -0.3 is 14.5 Å². The SMILES string of the molecule is O=C(CCC1CC(c2ccc(N3CCOCC3=O)cc2)=NO1)c1ccc(Cl)s1. The van der Waals surface area contributed by atoms with Gasteiger partial charge in [0.2, 0.25) is 0 Å². The minimum absolute atomic E-state index is 0.0303. The Morgan fingerprint density at radius 2 is 2.07 bits per heavy atom. The fourth-order valence-corrected chi connectivity index (χ4v) is 4.27. The predicted octanol–water partition coefficient (Wildman–Crippen LogP) is 3.92. The van der Waals surface area contributed by atoms with Gasteiger partial charge in [-0.25, -0.2) is 0 Å². The third-order valence-corrected chi connectivity index (χ3v) is 6.04. The van der Waals surface area contributed by atoms with Crippen LogP contribution in [0.3, 0.4) is 0 Å². The zero-order chi connectivity index (χ0) is 19.5. The van der Waals surface area contributed by atoms with Gasteiger partial charge in [-0.15, -0.1) is 11.3 Å². The lowest BCUT2D eigenvalue weighted by Crippen LogP contribution is -2.41. The Balaban J connectivity index is 1.31. The van der Waals surface area contributed by atoms with E-state index in [1.807, 2.05) is 24.3 Å². The average Bonchev–Trinajstić information content (AvgIpc) is 3.36. The highest BCUT2D eigenvalue weighted by Crippen LogP contribution is 2.26. The number of ketones is 1. The van der Waals surface area contributed by atoms with E-state index in [1.165, 1.54) is 11.3 Å². The van der Waals surface area contributed by atoms with E-state index in [2.05, 4.69) is 5.16 Å². The number of morpholine rings is 1. The van der Waals surface area contributed by atoms with Crippen LogP contribution in [-0.2, 0) is 14.4 Å². The number of rotatable bonds is 6. The number of Topliss-reactive ketones (excluding diaryl/α,β-unsaturated/α-hetero) is 1. The molecule has 4 rings (SSSR count). The van der Waals surface area contributed by atoms with Crippen molar-refractivity contribution < 1.29 is 19.2 Å². The van der Waals surface area contributed by atoms with Crippen LogP contribution in [0.15, 0.2) is 41.6 Å². The van der Waals surface area contributed by atoms with Crippen molar-refractivity contribution in [3.05, 3.63) is 51.2 Å². The van der Waals surface area contributed by atoms with Gasteiger partial charge in [0.1, 0.15) is 12.7 Å². The number of halogens is 1. The van der Waals surface area contributed by atoms with E-state index in [0.717, 1.165) is 17.0 Å². The molecule has 1 saturated heterocycles. The highest BCUT2D eigenvalue weighted by Gasteiger charge is 2.24. The largest absolute Gasteiger partial charge is 0.392 e. The number of thiophene rings is 1. The first-order chi connectivity index (χ1) is 13.6. The number of ether oxygens (including phenoxy) is 1. The molecule has 2 aliphatic rings. The molecule has 2 aliphatic heterocycles. The Hall–Kier alpha value is -2.22. The van der Waals surface area contributed by atoms with Crippen LogP contribution >= 0.6 is 22.9 Å². The van der Waals surface area contributed by atoms with Crippen LogP contribution < -0.4 is 4.90 Å². The fraction of sp³-hybridized carbons (Fsp3) is 0.350. The van der Waals surface area contributed by atoms with Gasteiger partial charge in [-0.05, 0) is 36.2 Å². The van der Waals surface area contributed by atoms with Gasteiger partial charge in [-0.2, -0.15) is 0 Å². The van der Waals surface area contributed by atoms with Crippen LogP contribution in [-0.4, -0.2) is 43.3 Å². The summed E-state index contributed by atoms with van der Waals surface area (Å²) in [5.41, 5.74) is 2.67. The molecule has 1 atom stereocenters. The molecule has 0 spiro atoms. The number of anilines is 1. The Morgan fingerprint density at radius 1 is 1.25 bits per heavy atom. The number of carbonyl (C=O) groups is 2. The average molecular weight is 419 g/mol. The predicted molar refractivity (Wildman–Crippen MR) is 109 cm³/mol. The molecule has 1 aromatic heterocycles. The summed E-state index contributed by atoms with van der Waals surface area (Å²) in [5.74, 6) is 0.0470. The third kappa shape index (κ3) is 4.27. The second-order valence-corrected chi connectivity index (χ2v) is 8.40. The highest BCUT2D eigenvalue weighted by atomic mass is 35.5. The molecule has 8 heteroatoms. The van der Waals surface area contributed by atoms with E-state index >= 15 is 0 Å². The first-order valence-electron chi connectivity index (χ1n) is 9.10. The molecule has 0 N–H and O–H groups in total. The number of nitrogens with zero attached hydrogens (tertiary/aromatic N) is 2. The molecule has 1 aromatic carbocycles. The Bertz CT molecular complexity index is 909. The van der Waals surface area contributed by atoms with E-state index in [0.29, 0.717) is 41.6 Å². The summed E-state index contributed by atoms with van der Waals surface area (Å²) in [4.78, 5) is 32.0. The summed E-state index contributed by atoms with van der Waals surface area (Å²) in [6.07, 6.45) is 1.58. The smallest absolute Gasteiger partial charge is 0.253 e. The van der Waals surface area contributed by atoms with Gasteiger partial charge >= 0.3 is 0 Å².